The Bertz CT molecular complexity index is 779. The maximum Gasteiger partial charge on any atom is 0.349 e. The van der Waals surface area contributed by atoms with Gasteiger partial charge in [-0.2, -0.15) is 8.42 Å². The lowest BCUT2D eigenvalue weighted by Gasteiger charge is -2.59. The quantitative estimate of drug-likeness (QED) is 0.620. The number of sulfonamides is 1. The highest BCUT2D eigenvalue weighted by Crippen LogP contribution is 2.63. The Morgan fingerprint density at radius 3 is 2.27 bits per heavy atom. The third kappa shape index (κ3) is 4.20. The molecule has 3 atom stereocenters. The zero-order valence-electron chi connectivity index (χ0n) is 14.7. The normalized spacial score (nSPS) is 37.5. The lowest BCUT2D eigenvalue weighted by atomic mass is 9.48. The minimum absolute atomic E-state index is 0.0973. The predicted molar refractivity (Wildman–Crippen MR) is 89.4 cm³/mol. The van der Waals surface area contributed by atoms with Crippen molar-refractivity contribution in [1.82, 2.24) is 4.13 Å². The summed E-state index contributed by atoms with van der Waals surface area (Å²) in [5.41, 5.74) is -2.01. The number of esters is 1. The van der Waals surface area contributed by atoms with Crippen molar-refractivity contribution < 1.29 is 34.9 Å². The molecule has 0 saturated heterocycles. The summed E-state index contributed by atoms with van der Waals surface area (Å²) in [6, 6.07) is 0. The van der Waals surface area contributed by atoms with E-state index in [4.69, 9.17) is 8.92 Å². The molecule has 3 unspecified atom stereocenters. The van der Waals surface area contributed by atoms with E-state index in [1.807, 2.05) is 0 Å². The monoisotopic (exact) mass is 413 g/mol. The van der Waals surface area contributed by atoms with Crippen molar-refractivity contribution in [2.24, 2.45) is 17.3 Å². The molecule has 0 aliphatic heterocycles. The lowest BCUT2D eigenvalue weighted by Crippen LogP contribution is -2.60. The maximum absolute atomic E-state index is 13.0. The van der Waals surface area contributed by atoms with Crippen molar-refractivity contribution in [3.05, 3.63) is 0 Å². The second kappa shape index (κ2) is 6.39. The summed E-state index contributed by atoms with van der Waals surface area (Å²) in [6.45, 7) is 0.957. The molecule has 150 valence electrons. The van der Waals surface area contributed by atoms with Crippen molar-refractivity contribution in [2.45, 2.75) is 57.2 Å². The molecular formula is C15H24FNO7S2. The molecule has 11 heteroatoms. The first kappa shape index (κ1) is 20.0. The van der Waals surface area contributed by atoms with E-state index in [2.05, 4.69) is 0 Å². The van der Waals surface area contributed by atoms with Crippen LogP contribution in [0.25, 0.3) is 0 Å². The molecule has 0 aromatic carbocycles. The summed E-state index contributed by atoms with van der Waals surface area (Å²) in [5.74, 6) is -0.322. The molecule has 4 saturated carbocycles. The van der Waals surface area contributed by atoms with Gasteiger partial charge in [0.15, 0.2) is 0 Å². The molecule has 4 rings (SSSR count). The highest BCUT2D eigenvalue weighted by Gasteiger charge is 2.63. The van der Waals surface area contributed by atoms with Gasteiger partial charge in [0.05, 0.1) is 17.3 Å². The molecule has 0 spiro atoms. The average Bonchev–Trinajstić information content (AvgIpc) is 2.38. The Labute approximate surface area is 153 Å². The van der Waals surface area contributed by atoms with Gasteiger partial charge in [0, 0.05) is 0 Å². The van der Waals surface area contributed by atoms with Gasteiger partial charge in [-0.15, -0.1) is 0 Å². The van der Waals surface area contributed by atoms with Crippen LogP contribution >= 0.6 is 0 Å². The second-order valence-electron chi connectivity index (χ2n) is 8.20. The van der Waals surface area contributed by atoms with Crippen molar-refractivity contribution in [1.29, 1.82) is 0 Å². The van der Waals surface area contributed by atoms with Gasteiger partial charge in [-0.05, 0) is 57.3 Å². The lowest BCUT2D eigenvalue weighted by molar-refractivity contribution is -0.191. The fourth-order valence-corrected chi connectivity index (χ4v) is 7.57. The Hall–Kier alpha value is -0.780. The number of ether oxygens (including phenoxy) is 1. The molecular weight excluding hydrogens is 389 g/mol. The largest absolute Gasteiger partial charge is 0.462 e. The van der Waals surface area contributed by atoms with Crippen LogP contribution in [0.1, 0.15) is 45.4 Å². The number of hydrogen-bond donors (Lipinski definition) is 1. The standard InChI is InChI=1S/C15H24FNO7S2/c1-10(16)8-23-13(18)14-4-11-3-12(5-14)7-15(6-11,9-14)24-26(21,22)17-25(2,19)20/h10-12,17H,3-9H2,1-2H3. The van der Waals surface area contributed by atoms with Crippen molar-refractivity contribution >= 4 is 26.3 Å². The topological polar surface area (TPSA) is 116 Å². The molecule has 0 aromatic heterocycles. The van der Waals surface area contributed by atoms with Gasteiger partial charge in [-0.1, -0.05) is 4.13 Å². The van der Waals surface area contributed by atoms with Gasteiger partial charge < -0.3 is 4.74 Å². The number of halogens is 1. The van der Waals surface area contributed by atoms with E-state index in [1.165, 1.54) is 11.1 Å². The molecule has 8 nitrogen and oxygen atoms in total. The first-order valence-electron chi connectivity index (χ1n) is 8.58. The van der Waals surface area contributed by atoms with E-state index in [-0.39, 0.29) is 24.9 Å². The summed E-state index contributed by atoms with van der Waals surface area (Å²) >= 11 is 0. The number of hydrogen-bond acceptors (Lipinski definition) is 7. The van der Waals surface area contributed by atoms with Crippen LogP contribution in [-0.2, 0) is 34.0 Å². The molecule has 26 heavy (non-hydrogen) atoms. The minimum atomic E-state index is -4.53. The number of nitrogens with one attached hydrogen (secondary N) is 1. The van der Waals surface area contributed by atoms with Crippen LogP contribution in [0.4, 0.5) is 4.39 Å². The highest BCUT2D eigenvalue weighted by atomic mass is 32.3. The maximum atomic E-state index is 13.0. The van der Waals surface area contributed by atoms with E-state index >= 15 is 0 Å². The first-order valence-corrected chi connectivity index (χ1v) is 11.9. The Balaban J connectivity index is 1.82. The molecule has 1 N–H and O–H groups in total. The van der Waals surface area contributed by atoms with E-state index in [0.717, 1.165) is 12.7 Å². The van der Waals surface area contributed by atoms with Crippen molar-refractivity contribution in [3.8, 4) is 0 Å². The third-order valence-electron chi connectivity index (χ3n) is 5.42. The number of carbonyl (C=O) groups is 1. The minimum Gasteiger partial charge on any atom is -0.462 e. The smallest absolute Gasteiger partial charge is 0.349 e. The van der Waals surface area contributed by atoms with E-state index in [0.29, 0.717) is 25.7 Å². The zero-order valence-corrected chi connectivity index (χ0v) is 16.4. The fraction of sp³-hybridized carbons (Fsp3) is 0.933. The van der Waals surface area contributed by atoms with Crippen LogP contribution in [0.5, 0.6) is 0 Å². The van der Waals surface area contributed by atoms with Crippen LogP contribution < -0.4 is 4.13 Å². The molecule has 0 amide bonds. The molecule has 0 aromatic rings. The van der Waals surface area contributed by atoms with Crippen molar-refractivity contribution in [3.63, 3.8) is 0 Å². The summed E-state index contributed by atoms with van der Waals surface area (Å²) in [4.78, 5) is 12.6. The van der Waals surface area contributed by atoms with Crippen LogP contribution in [-0.4, -0.2) is 47.4 Å². The van der Waals surface area contributed by atoms with Gasteiger partial charge in [0.1, 0.15) is 12.8 Å². The molecule has 4 bridgehead atoms. The van der Waals surface area contributed by atoms with Gasteiger partial charge in [0.2, 0.25) is 10.0 Å². The molecule has 4 aliphatic carbocycles. The van der Waals surface area contributed by atoms with Crippen LogP contribution in [0.3, 0.4) is 0 Å². The number of carbonyl (C=O) groups excluding carboxylic acids is 1. The van der Waals surface area contributed by atoms with Gasteiger partial charge in [-0.25, -0.2) is 12.8 Å². The summed E-state index contributed by atoms with van der Waals surface area (Å²) in [5, 5.41) is 0. The van der Waals surface area contributed by atoms with Gasteiger partial charge in [0.25, 0.3) is 0 Å². The SMILES string of the molecule is CC(F)COC(=O)C12CC3CC(CC(OS(=O)(=O)NS(C)(=O)=O)(C3)C1)C2. The van der Waals surface area contributed by atoms with E-state index in [9.17, 15) is 26.0 Å². The summed E-state index contributed by atoms with van der Waals surface area (Å²) < 4.78 is 71.8. The predicted octanol–water partition coefficient (Wildman–Crippen LogP) is 1.04. The Morgan fingerprint density at radius 2 is 1.77 bits per heavy atom. The molecule has 0 heterocycles. The molecule has 4 fully saturated rings. The molecule has 4 aliphatic rings. The van der Waals surface area contributed by atoms with Crippen molar-refractivity contribution in [2.75, 3.05) is 12.9 Å². The summed E-state index contributed by atoms with van der Waals surface area (Å²) in [7, 11) is -8.54. The zero-order chi connectivity index (χ0) is 19.4. The van der Waals surface area contributed by atoms with Gasteiger partial charge in [-0.3, -0.25) is 8.98 Å². The van der Waals surface area contributed by atoms with Gasteiger partial charge >= 0.3 is 16.3 Å². The number of alkyl halides is 1. The Kier molecular flexibility index (Phi) is 4.90. The Morgan fingerprint density at radius 1 is 1.19 bits per heavy atom. The molecule has 0 radical (unpaired) electrons. The highest BCUT2D eigenvalue weighted by molar-refractivity contribution is 8.02. The second-order valence-corrected chi connectivity index (χ2v) is 11.5. The number of rotatable bonds is 7. The fourth-order valence-electron chi connectivity index (χ4n) is 5.29. The third-order valence-corrected chi connectivity index (χ3v) is 8.02. The van der Waals surface area contributed by atoms with Crippen LogP contribution in [0.15, 0.2) is 0 Å². The first-order chi connectivity index (χ1) is 11.8. The summed E-state index contributed by atoms with van der Waals surface area (Å²) in [6.07, 6.45) is 2.48. The van der Waals surface area contributed by atoms with E-state index in [1.54, 1.807) is 0 Å². The van der Waals surface area contributed by atoms with Crippen LogP contribution in [0, 0.1) is 17.3 Å². The van der Waals surface area contributed by atoms with E-state index < -0.39 is 43.5 Å². The van der Waals surface area contributed by atoms with Crippen LogP contribution in [0.2, 0.25) is 0 Å². The average molecular weight is 413 g/mol.